The van der Waals surface area contributed by atoms with Crippen LogP contribution in [0.15, 0.2) is 35.8 Å². The Kier molecular flexibility index (Phi) is 4.57. The van der Waals surface area contributed by atoms with Gasteiger partial charge in [-0.05, 0) is 12.0 Å². The van der Waals surface area contributed by atoms with Crippen molar-refractivity contribution < 1.29 is 9.59 Å². The molecule has 0 aliphatic rings. The van der Waals surface area contributed by atoms with E-state index < -0.39 is 11.8 Å². The fourth-order valence-electron chi connectivity index (χ4n) is 1.43. The number of rotatable bonds is 4. The molecule has 0 unspecified atom stereocenters. The number of hydrogen-bond donors (Lipinski definition) is 2. The van der Waals surface area contributed by atoms with E-state index >= 15 is 0 Å². The summed E-state index contributed by atoms with van der Waals surface area (Å²) in [7, 11) is 0. The van der Waals surface area contributed by atoms with E-state index in [0.29, 0.717) is 18.1 Å². The first-order chi connectivity index (χ1) is 9.25. The lowest BCUT2D eigenvalue weighted by molar-refractivity contribution is -0.136. The van der Waals surface area contributed by atoms with Crippen LogP contribution in [0.2, 0.25) is 0 Å². The molecule has 1 aromatic carbocycles. The second-order valence-electron chi connectivity index (χ2n) is 3.69. The SMILES string of the molecule is O=C(NCCc1ccccc1)C(=O)Nc1nncs1. The first kappa shape index (κ1) is 13.2. The molecule has 2 amide bonds. The number of nitrogens with zero attached hydrogens (tertiary/aromatic N) is 2. The first-order valence-electron chi connectivity index (χ1n) is 5.65. The van der Waals surface area contributed by atoms with E-state index in [9.17, 15) is 9.59 Å². The van der Waals surface area contributed by atoms with Crippen LogP contribution in [0.25, 0.3) is 0 Å². The van der Waals surface area contributed by atoms with Crippen LogP contribution < -0.4 is 10.6 Å². The van der Waals surface area contributed by atoms with E-state index in [1.165, 1.54) is 5.51 Å². The highest BCUT2D eigenvalue weighted by Crippen LogP contribution is 2.07. The predicted octanol–water partition coefficient (Wildman–Crippen LogP) is 0.835. The van der Waals surface area contributed by atoms with Crippen molar-refractivity contribution in [2.24, 2.45) is 0 Å². The predicted molar refractivity (Wildman–Crippen MR) is 71.7 cm³/mol. The molecular formula is C12H12N4O2S. The fourth-order valence-corrected chi connectivity index (χ4v) is 1.87. The van der Waals surface area contributed by atoms with Crippen LogP contribution in [0.3, 0.4) is 0 Å². The lowest BCUT2D eigenvalue weighted by Gasteiger charge is -2.04. The van der Waals surface area contributed by atoms with Crippen LogP contribution in [0.5, 0.6) is 0 Å². The van der Waals surface area contributed by atoms with Crippen LogP contribution in [-0.2, 0) is 16.0 Å². The number of anilines is 1. The topological polar surface area (TPSA) is 84.0 Å². The van der Waals surface area contributed by atoms with Crippen LogP contribution in [0, 0.1) is 0 Å². The van der Waals surface area contributed by atoms with Crippen molar-refractivity contribution in [2.75, 3.05) is 11.9 Å². The zero-order valence-electron chi connectivity index (χ0n) is 10.00. The Bertz CT molecular complexity index is 542. The quantitative estimate of drug-likeness (QED) is 0.810. The summed E-state index contributed by atoms with van der Waals surface area (Å²) in [5, 5.41) is 12.4. The summed E-state index contributed by atoms with van der Waals surface area (Å²) in [6, 6.07) is 9.72. The lowest BCUT2D eigenvalue weighted by Crippen LogP contribution is -2.36. The van der Waals surface area contributed by atoms with Crippen molar-refractivity contribution in [3.63, 3.8) is 0 Å². The van der Waals surface area contributed by atoms with Gasteiger partial charge in [0.2, 0.25) is 5.13 Å². The Balaban J connectivity index is 1.74. The number of carbonyl (C=O) groups excluding carboxylic acids is 2. The third kappa shape index (κ3) is 4.14. The molecule has 0 saturated carbocycles. The number of carbonyl (C=O) groups is 2. The Morgan fingerprint density at radius 3 is 2.63 bits per heavy atom. The van der Waals surface area contributed by atoms with Crippen LogP contribution in [0.1, 0.15) is 5.56 Å². The minimum absolute atomic E-state index is 0.309. The molecule has 0 radical (unpaired) electrons. The number of nitrogens with one attached hydrogen (secondary N) is 2. The van der Waals surface area contributed by atoms with Gasteiger partial charge in [0.15, 0.2) is 0 Å². The molecule has 1 aromatic heterocycles. The van der Waals surface area contributed by atoms with Crippen molar-refractivity contribution in [3.05, 3.63) is 41.4 Å². The highest BCUT2D eigenvalue weighted by Gasteiger charge is 2.14. The maximum absolute atomic E-state index is 11.5. The molecular weight excluding hydrogens is 264 g/mol. The van der Waals surface area contributed by atoms with E-state index in [1.54, 1.807) is 0 Å². The van der Waals surface area contributed by atoms with Crippen LogP contribution in [0.4, 0.5) is 5.13 Å². The second kappa shape index (κ2) is 6.60. The van der Waals surface area contributed by atoms with Crippen molar-refractivity contribution in [2.45, 2.75) is 6.42 Å². The highest BCUT2D eigenvalue weighted by molar-refractivity contribution is 7.13. The third-order valence-electron chi connectivity index (χ3n) is 2.33. The average molecular weight is 276 g/mol. The summed E-state index contributed by atoms with van der Waals surface area (Å²) >= 11 is 1.16. The molecule has 2 aromatic rings. The molecule has 0 aliphatic heterocycles. The van der Waals surface area contributed by atoms with Crippen molar-refractivity contribution in [1.82, 2.24) is 15.5 Å². The number of benzene rings is 1. The van der Waals surface area contributed by atoms with Gasteiger partial charge < -0.3 is 5.32 Å². The van der Waals surface area contributed by atoms with Gasteiger partial charge in [-0.1, -0.05) is 41.7 Å². The number of amides is 2. The average Bonchev–Trinajstić information content (AvgIpc) is 2.92. The van der Waals surface area contributed by atoms with E-state index in [-0.39, 0.29) is 0 Å². The minimum atomic E-state index is -0.732. The van der Waals surface area contributed by atoms with Gasteiger partial charge >= 0.3 is 11.8 Å². The maximum Gasteiger partial charge on any atom is 0.315 e. The first-order valence-corrected chi connectivity index (χ1v) is 6.53. The van der Waals surface area contributed by atoms with Gasteiger partial charge in [0.1, 0.15) is 5.51 Å². The molecule has 6 nitrogen and oxygen atoms in total. The Hall–Kier alpha value is -2.28. The normalized spacial score (nSPS) is 9.89. The van der Waals surface area contributed by atoms with Gasteiger partial charge in [0.25, 0.3) is 0 Å². The molecule has 0 bridgehead atoms. The molecule has 2 rings (SSSR count). The van der Waals surface area contributed by atoms with E-state index in [0.717, 1.165) is 16.9 Å². The molecule has 7 heteroatoms. The molecule has 0 atom stereocenters. The summed E-state index contributed by atoms with van der Waals surface area (Å²) in [5.41, 5.74) is 2.58. The molecule has 98 valence electrons. The molecule has 0 fully saturated rings. The van der Waals surface area contributed by atoms with Gasteiger partial charge in [-0.3, -0.25) is 14.9 Å². The summed E-state index contributed by atoms with van der Waals surface area (Å²) in [5.74, 6) is -1.41. The lowest BCUT2D eigenvalue weighted by atomic mass is 10.1. The monoisotopic (exact) mass is 276 g/mol. The minimum Gasteiger partial charge on any atom is -0.347 e. The zero-order valence-corrected chi connectivity index (χ0v) is 10.8. The third-order valence-corrected chi connectivity index (χ3v) is 2.94. The van der Waals surface area contributed by atoms with Gasteiger partial charge in [-0.15, -0.1) is 10.2 Å². The maximum atomic E-state index is 11.5. The summed E-state index contributed by atoms with van der Waals surface area (Å²) in [6.45, 7) is 0.409. The Labute approximate surface area is 113 Å². The van der Waals surface area contributed by atoms with Gasteiger partial charge in [0, 0.05) is 6.54 Å². The van der Waals surface area contributed by atoms with Crippen LogP contribution >= 0.6 is 11.3 Å². The fraction of sp³-hybridized carbons (Fsp3) is 0.167. The largest absolute Gasteiger partial charge is 0.347 e. The summed E-state index contributed by atoms with van der Waals surface area (Å²) in [6.07, 6.45) is 0.679. The standard InChI is InChI=1S/C12H12N4O2S/c17-10(11(18)15-12-16-14-8-19-12)13-7-6-9-4-2-1-3-5-9/h1-5,8H,6-7H2,(H,13,17)(H,15,16,18). The van der Waals surface area contributed by atoms with Gasteiger partial charge in [0.05, 0.1) is 0 Å². The van der Waals surface area contributed by atoms with Gasteiger partial charge in [-0.2, -0.15) is 0 Å². The van der Waals surface area contributed by atoms with Crippen molar-refractivity contribution in [3.8, 4) is 0 Å². The molecule has 2 N–H and O–H groups in total. The van der Waals surface area contributed by atoms with Crippen molar-refractivity contribution >= 4 is 28.3 Å². The zero-order chi connectivity index (χ0) is 13.5. The summed E-state index contributed by atoms with van der Waals surface area (Å²) in [4.78, 5) is 23.0. The van der Waals surface area contributed by atoms with Gasteiger partial charge in [-0.25, -0.2) is 0 Å². The van der Waals surface area contributed by atoms with E-state index in [4.69, 9.17) is 0 Å². The Morgan fingerprint density at radius 1 is 1.16 bits per heavy atom. The Morgan fingerprint density at radius 2 is 1.95 bits per heavy atom. The summed E-state index contributed by atoms with van der Waals surface area (Å²) < 4.78 is 0. The molecule has 0 aliphatic carbocycles. The highest BCUT2D eigenvalue weighted by atomic mass is 32.1. The molecule has 0 spiro atoms. The van der Waals surface area contributed by atoms with Crippen LogP contribution in [-0.4, -0.2) is 28.6 Å². The van der Waals surface area contributed by atoms with Crippen molar-refractivity contribution in [1.29, 1.82) is 0 Å². The number of aromatic nitrogens is 2. The van der Waals surface area contributed by atoms with E-state index in [2.05, 4.69) is 20.8 Å². The molecule has 0 saturated heterocycles. The van der Waals surface area contributed by atoms with E-state index in [1.807, 2.05) is 30.3 Å². The molecule has 1 heterocycles. The second-order valence-corrected chi connectivity index (χ2v) is 4.52. The smallest absolute Gasteiger partial charge is 0.315 e. The molecule has 19 heavy (non-hydrogen) atoms. The number of hydrogen-bond acceptors (Lipinski definition) is 5.